The second-order valence-corrected chi connectivity index (χ2v) is 6.79. The normalized spacial score (nSPS) is 16.7. The Morgan fingerprint density at radius 3 is 2.24 bits per heavy atom. The van der Waals surface area contributed by atoms with Gasteiger partial charge >= 0.3 is 12.0 Å². The van der Waals surface area contributed by atoms with Gasteiger partial charge in [0.1, 0.15) is 5.57 Å². The molecule has 7 heteroatoms. The molecule has 0 bridgehead atoms. The van der Waals surface area contributed by atoms with Crippen molar-refractivity contribution in [3.63, 3.8) is 0 Å². The van der Waals surface area contributed by atoms with E-state index in [4.69, 9.17) is 5.11 Å². The minimum absolute atomic E-state index is 0.0878. The molecule has 0 saturated carbocycles. The Morgan fingerprint density at radius 1 is 1.07 bits per heavy atom. The van der Waals surface area contributed by atoms with Crippen molar-refractivity contribution in [3.05, 3.63) is 70.8 Å². The summed E-state index contributed by atoms with van der Waals surface area (Å²) in [5.41, 5.74) is 1.80. The number of carbonyl (C=O) groups excluding carboxylic acids is 3. The Labute approximate surface area is 167 Å². The van der Waals surface area contributed by atoms with Crippen molar-refractivity contribution in [3.8, 4) is 0 Å². The van der Waals surface area contributed by atoms with E-state index in [1.165, 1.54) is 30.3 Å². The van der Waals surface area contributed by atoms with Crippen molar-refractivity contribution < 1.29 is 24.3 Å². The average molecular weight is 392 g/mol. The minimum atomic E-state index is -1.08. The van der Waals surface area contributed by atoms with E-state index in [1.807, 2.05) is 12.1 Å². The molecule has 2 aromatic carbocycles. The summed E-state index contributed by atoms with van der Waals surface area (Å²) in [7, 11) is 0. The third-order valence-electron chi connectivity index (χ3n) is 4.90. The molecular weight excluding hydrogens is 372 g/mol. The number of nitrogens with zero attached hydrogens (tertiary/aromatic N) is 1. The van der Waals surface area contributed by atoms with Crippen LogP contribution in [-0.4, -0.2) is 28.9 Å². The number of aromatic carboxylic acids is 1. The van der Waals surface area contributed by atoms with E-state index >= 15 is 0 Å². The van der Waals surface area contributed by atoms with Crippen LogP contribution in [0.3, 0.4) is 0 Å². The number of hydrogen-bond acceptors (Lipinski definition) is 4. The van der Waals surface area contributed by atoms with Gasteiger partial charge in [-0.25, -0.2) is 14.5 Å². The van der Waals surface area contributed by atoms with Gasteiger partial charge < -0.3 is 5.11 Å². The van der Waals surface area contributed by atoms with E-state index in [0.29, 0.717) is 17.2 Å². The number of benzene rings is 2. The Morgan fingerprint density at radius 2 is 1.69 bits per heavy atom. The van der Waals surface area contributed by atoms with Gasteiger partial charge in [-0.3, -0.25) is 14.9 Å². The fourth-order valence-corrected chi connectivity index (χ4v) is 2.97. The molecule has 0 radical (unpaired) electrons. The van der Waals surface area contributed by atoms with Gasteiger partial charge in [-0.15, -0.1) is 0 Å². The lowest BCUT2D eigenvalue weighted by Crippen LogP contribution is -2.54. The topological polar surface area (TPSA) is 104 Å². The highest BCUT2D eigenvalue weighted by molar-refractivity contribution is 6.39. The molecular formula is C22H20N2O5. The summed E-state index contributed by atoms with van der Waals surface area (Å²) in [6, 6.07) is 12.0. The van der Waals surface area contributed by atoms with Crippen LogP contribution >= 0.6 is 0 Å². The molecule has 3 rings (SSSR count). The monoisotopic (exact) mass is 392 g/mol. The lowest BCUT2D eigenvalue weighted by molar-refractivity contribution is -0.122. The fourth-order valence-electron chi connectivity index (χ4n) is 2.97. The van der Waals surface area contributed by atoms with Crippen molar-refractivity contribution in [2.75, 3.05) is 4.90 Å². The number of carboxylic acid groups (broad SMARTS) is 1. The summed E-state index contributed by atoms with van der Waals surface area (Å²) in [5, 5.41) is 11.1. The molecule has 1 fully saturated rings. The van der Waals surface area contributed by atoms with Crippen LogP contribution in [0, 0.1) is 0 Å². The maximum atomic E-state index is 12.9. The molecule has 0 unspecified atom stereocenters. The van der Waals surface area contributed by atoms with Crippen LogP contribution in [0.5, 0.6) is 0 Å². The Hall–Kier alpha value is -3.74. The van der Waals surface area contributed by atoms with Crippen molar-refractivity contribution in [1.29, 1.82) is 0 Å². The maximum Gasteiger partial charge on any atom is 0.335 e. The van der Waals surface area contributed by atoms with Gasteiger partial charge in [0.05, 0.1) is 11.3 Å². The number of rotatable bonds is 5. The van der Waals surface area contributed by atoms with Crippen molar-refractivity contribution in [1.82, 2.24) is 5.32 Å². The number of imide groups is 2. The molecule has 1 saturated heterocycles. The molecule has 0 aliphatic carbocycles. The number of nitrogens with one attached hydrogen (secondary N) is 1. The molecule has 0 spiro atoms. The van der Waals surface area contributed by atoms with Gasteiger partial charge in [0.2, 0.25) is 0 Å². The summed E-state index contributed by atoms with van der Waals surface area (Å²) in [6.07, 6.45) is 2.29. The third-order valence-corrected chi connectivity index (χ3v) is 4.90. The number of carbonyl (C=O) groups is 4. The van der Waals surface area contributed by atoms with E-state index in [1.54, 1.807) is 12.1 Å². The van der Waals surface area contributed by atoms with Crippen LogP contribution in [-0.2, 0) is 9.59 Å². The first-order chi connectivity index (χ1) is 13.8. The molecule has 2 aromatic rings. The predicted molar refractivity (Wildman–Crippen MR) is 108 cm³/mol. The van der Waals surface area contributed by atoms with E-state index in [0.717, 1.165) is 16.9 Å². The molecule has 1 atom stereocenters. The van der Waals surface area contributed by atoms with Crippen molar-refractivity contribution in [2.24, 2.45) is 0 Å². The average Bonchev–Trinajstić information content (AvgIpc) is 2.71. The van der Waals surface area contributed by atoms with Gasteiger partial charge in [-0.1, -0.05) is 38.1 Å². The summed E-state index contributed by atoms with van der Waals surface area (Å²) >= 11 is 0. The highest BCUT2D eigenvalue weighted by Gasteiger charge is 2.36. The second kappa shape index (κ2) is 8.10. The van der Waals surface area contributed by atoms with Crippen LogP contribution in [0.4, 0.5) is 10.5 Å². The van der Waals surface area contributed by atoms with Crippen LogP contribution in [0.25, 0.3) is 6.08 Å². The molecule has 1 aliphatic heterocycles. The number of anilines is 1. The first-order valence-corrected chi connectivity index (χ1v) is 9.16. The molecule has 7 nitrogen and oxygen atoms in total. The number of hydrogen-bond donors (Lipinski definition) is 2. The molecule has 1 heterocycles. The van der Waals surface area contributed by atoms with Crippen molar-refractivity contribution in [2.45, 2.75) is 26.2 Å². The molecule has 0 aromatic heterocycles. The number of amides is 4. The molecule has 29 heavy (non-hydrogen) atoms. The van der Waals surface area contributed by atoms with Gasteiger partial charge in [-0.05, 0) is 53.8 Å². The van der Waals surface area contributed by atoms with Gasteiger partial charge in [0, 0.05) is 0 Å². The first kappa shape index (κ1) is 20.0. The van der Waals surface area contributed by atoms with Crippen molar-refractivity contribution >= 4 is 35.6 Å². The minimum Gasteiger partial charge on any atom is -0.478 e. The van der Waals surface area contributed by atoms with Crippen LogP contribution < -0.4 is 10.2 Å². The van der Waals surface area contributed by atoms with Crippen LogP contribution in [0.1, 0.15) is 47.7 Å². The summed E-state index contributed by atoms with van der Waals surface area (Å²) in [6.45, 7) is 4.16. The fraction of sp³-hybridized carbons (Fsp3) is 0.182. The Bertz CT molecular complexity index is 1010. The highest BCUT2D eigenvalue weighted by Crippen LogP contribution is 2.25. The summed E-state index contributed by atoms with van der Waals surface area (Å²) in [5.74, 6) is -2.26. The third kappa shape index (κ3) is 4.08. The lowest BCUT2D eigenvalue weighted by atomic mass is 9.98. The summed E-state index contributed by atoms with van der Waals surface area (Å²) in [4.78, 5) is 49.2. The van der Waals surface area contributed by atoms with Crippen LogP contribution in [0.2, 0.25) is 0 Å². The zero-order valence-corrected chi connectivity index (χ0v) is 16.0. The second-order valence-electron chi connectivity index (χ2n) is 6.79. The van der Waals surface area contributed by atoms with Gasteiger partial charge in [0.15, 0.2) is 0 Å². The highest BCUT2D eigenvalue weighted by atomic mass is 16.4. The predicted octanol–water partition coefficient (Wildman–Crippen LogP) is 3.56. The molecule has 1 aliphatic rings. The Balaban J connectivity index is 1.92. The molecule has 148 valence electrons. The largest absolute Gasteiger partial charge is 0.478 e. The zero-order chi connectivity index (χ0) is 21.1. The molecule has 2 N–H and O–H groups in total. The van der Waals surface area contributed by atoms with Gasteiger partial charge in [0.25, 0.3) is 11.8 Å². The zero-order valence-electron chi connectivity index (χ0n) is 16.0. The number of barbiturate groups is 1. The number of urea groups is 1. The molecule has 4 amide bonds. The SMILES string of the molecule is CC[C@@H](C)c1ccc(N2C(=O)NC(=O)/C(=C\c3ccc(C(=O)O)cc3)C2=O)cc1. The lowest BCUT2D eigenvalue weighted by Gasteiger charge is -2.26. The van der Waals surface area contributed by atoms with E-state index < -0.39 is 23.8 Å². The van der Waals surface area contributed by atoms with Gasteiger partial charge in [-0.2, -0.15) is 0 Å². The van der Waals surface area contributed by atoms with E-state index in [2.05, 4.69) is 19.2 Å². The maximum absolute atomic E-state index is 12.9. The quantitative estimate of drug-likeness (QED) is 0.598. The van der Waals surface area contributed by atoms with E-state index in [9.17, 15) is 19.2 Å². The number of carboxylic acids is 1. The Kier molecular flexibility index (Phi) is 5.59. The first-order valence-electron chi connectivity index (χ1n) is 9.16. The van der Waals surface area contributed by atoms with E-state index in [-0.39, 0.29) is 11.1 Å². The summed E-state index contributed by atoms with van der Waals surface area (Å²) < 4.78 is 0. The van der Waals surface area contributed by atoms with Crippen LogP contribution in [0.15, 0.2) is 54.1 Å². The standard InChI is InChI=1S/C22H20N2O5/c1-3-13(2)15-8-10-17(11-9-15)24-20(26)18(19(25)23-22(24)29)12-14-4-6-16(7-5-14)21(27)28/h4-13H,3H2,1-2H3,(H,27,28)(H,23,25,29)/b18-12+/t13-/m1/s1. The smallest absolute Gasteiger partial charge is 0.335 e.